The van der Waals surface area contributed by atoms with Crippen LogP contribution in [0.4, 0.5) is 5.95 Å². The van der Waals surface area contributed by atoms with Crippen molar-refractivity contribution in [3.63, 3.8) is 0 Å². The molecule has 2 aromatic rings. The Morgan fingerprint density at radius 3 is 3.14 bits per heavy atom. The minimum atomic E-state index is 0.390. The molecule has 22 heavy (non-hydrogen) atoms. The molecular formula is C16H21N5O. The standard InChI is InChI=1S/C16H21N5O/c1-22-15-4-8-18-16(20-15)19-14-6-10-21(12-14)9-5-13-3-2-7-17-11-13/h2-4,7-8,11,14H,5-6,9-10,12H2,1H3,(H,18,19,20). The fourth-order valence-electron chi connectivity index (χ4n) is 2.69. The van der Waals surface area contributed by atoms with E-state index in [0.717, 1.165) is 32.5 Å². The number of anilines is 1. The molecule has 116 valence electrons. The van der Waals surface area contributed by atoms with Gasteiger partial charge in [0.2, 0.25) is 11.8 Å². The van der Waals surface area contributed by atoms with Gasteiger partial charge in [0.1, 0.15) is 0 Å². The predicted octanol–water partition coefficient (Wildman–Crippen LogP) is 1.61. The smallest absolute Gasteiger partial charge is 0.226 e. The quantitative estimate of drug-likeness (QED) is 0.874. The Bertz CT molecular complexity index is 592. The Labute approximate surface area is 130 Å². The number of hydrogen-bond acceptors (Lipinski definition) is 6. The van der Waals surface area contributed by atoms with Gasteiger partial charge in [-0.15, -0.1) is 0 Å². The maximum Gasteiger partial charge on any atom is 0.226 e. The lowest BCUT2D eigenvalue weighted by Crippen LogP contribution is -2.28. The molecule has 1 aliphatic rings. The predicted molar refractivity (Wildman–Crippen MR) is 85.0 cm³/mol. The minimum Gasteiger partial charge on any atom is -0.481 e. The average Bonchev–Trinajstić information content (AvgIpc) is 3.01. The number of likely N-dealkylation sites (tertiary alicyclic amines) is 1. The first-order chi connectivity index (χ1) is 10.8. The molecule has 1 atom stereocenters. The van der Waals surface area contributed by atoms with Crippen LogP contribution in [-0.4, -0.2) is 52.6 Å². The Balaban J connectivity index is 1.47. The fraction of sp³-hybridized carbons (Fsp3) is 0.438. The lowest BCUT2D eigenvalue weighted by Gasteiger charge is -2.16. The van der Waals surface area contributed by atoms with E-state index in [1.807, 2.05) is 18.5 Å². The van der Waals surface area contributed by atoms with E-state index in [1.54, 1.807) is 19.4 Å². The second-order valence-corrected chi connectivity index (χ2v) is 5.46. The molecule has 0 saturated carbocycles. The van der Waals surface area contributed by atoms with Gasteiger partial charge in [-0.25, -0.2) is 4.98 Å². The molecule has 1 aliphatic heterocycles. The van der Waals surface area contributed by atoms with E-state index in [1.165, 1.54) is 5.56 Å². The molecule has 0 aliphatic carbocycles. The van der Waals surface area contributed by atoms with Gasteiger partial charge in [0.15, 0.2) is 0 Å². The summed E-state index contributed by atoms with van der Waals surface area (Å²) in [6.45, 7) is 3.17. The summed E-state index contributed by atoms with van der Waals surface area (Å²) in [5, 5.41) is 3.39. The van der Waals surface area contributed by atoms with Gasteiger partial charge < -0.3 is 15.0 Å². The third kappa shape index (κ3) is 3.92. The van der Waals surface area contributed by atoms with Crippen molar-refractivity contribution in [2.45, 2.75) is 18.9 Å². The summed E-state index contributed by atoms with van der Waals surface area (Å²) in [5.41, 5.74) is 1.29. The van der Waals surface area contributed by atoms with Crippen LogP contribution in [0.2, 0.25) is 0 Å². The molecule has 3 heterocycles. The van der Waals surface area contributed by atoms with E-state index in [9.17, 15) is 0 Å². The molecular weight excluding hydrogens is 278 g/mol. The number of hydrogen-bond donors (Lipinski definition) is 1. The third-order valence-corrected chi connectivity index (χ3v) is 3.88. The number of methoxy groups -OCH3 is 1. The van der Waals surface area contributed by atoms with E-state index in [2.05, 4.69) is 31.2 Å². The number of rotatable bonds is 6. The van der Waals surface area contributed by atoms with Gasteiger partial charge in [-0.3, -0.25) is 4.98 Å². The largest absolute Gasteiger partial charge is 0.481 e. The number of ether oxygens (including phenoxy) is 1. The monoisotopic (exact) mass is 299 g/mol. The zero-order valence-corrected chi connectivity index (χ0v) is 12.8. The summed E-state index contributed by atoms with van der Waals surface area (Å²) in [7, 11) is 1.61. The number of aromatic nitrogens is 3. The molecule has 0 radical (unpaired) electrons. The van der Waals surface area contributed by atoms with Crippen molar-refractivity contribution in [1.82, 2.24) is 19.9 Å². The molecule has 1 fully saturated rings. The minimum absolute atomic E-state index is 0.390. The molecule has 1 unspecified atom stereocenters. The molecule has 0 bridgehead atoms. The molecule has 3 rings (SSSR count). The van der Waals surface area contributed by atoms with E-state index >= 15 is 0 Å². The summed E-state index contributed by atoms with van der Waals surface area (Å²) in [5.74, 6) is 1.22. The fourth-order valence-corrected chi connectivity index (χ4v) is 2.69. The summed E-state index contributed by atoms with van der Waals surface area (Å²) >= 11 is 0. The van der Waals surface area contributed by atoms with Crippen molar-refractivity contribution in [3.8, 4) is 5.88 Å². The van der Waals surface area contributed by atoms with Crippen LogP contribution in [0.1, 0.15) is 12.0 Å². The number of nitrogens with one attached hydrogen (secondary N) is 1. The van der Waals surface area contributed by atoms with E-state index < -0.39 is 0 Å². The Kier molecular flexibility index (Phi) is 4.80. The summed E-state index contributed by atoms with van der Waals surface area (Å²) in [4.78, 5) is 15.2. The van der Waals surface area contributed by atoms with Crippen LogP contribution in [0, 0.1) is 0 Å². The summed E-state index contributed by atoms with van der Waals surface area (Å²) in [6.07, 6.45) is 7.61. The highest BCUT2D eigenvalue weighted by Gasteiger charge is 2.22. The van der Waals surface area contributed by atoms with Crippen molar-refractivity contribution < 1.29 is 4.74 Å². The molecule has 6 nitrogen and oxygen atoms in total. The highest BCUT2D eigenvalue weighted by atomic mass is 16.5. The molecule has 6 heteroatoms. The van der Waals surface area contributed by atoms with Gasteiger partial charge in [0.05, 0.1) is 7.11 Å². The van der Waals surface area contributed by atoms with Crippen molar-refractivity contribution in [2.24, 2.45) is 0 Å². The van der Waals surface area contributed by atoms with Crippen molar-refractivity contribution >= 4 is 5.95 Å². The highest BCUT2D eigenvalue weighted by Crippen LogP contribution is 2.15. The number of pyridine rings is 1. The van der Waals surface area contributed by atoms with Crippen LogP contribution in [-0.2, 0) is 6.42 Å². The SMILES string of the molecule is COc1ccnc(NC2CCN(CCc3cccnc3)C2)n1. The van der Waals surface area contributed by atoms with Crippen LogP contribution in [0.15, 0.2) is 36.8 Å². The lowest BCUT2D eigenvalue weighted by molar-refractivity contribution is 0.340. The topological polar surface area (TPSA) is 63.2 Å². The molecule has 2 aromatic heterocycles. The lowest BCUT2D eigenvalue weighted by atomic mass is 10.2. The first-order valence-electron chi connectivity index (χ1n) is 7.58. The Hall–Kier alpha value is -2.21. The zero-order chi connectivity index (χ0) is 15.2. The van der Waals surface area contributed by atoms with Crippen LogP contribution in [0.25, 0.3) is 0 Å². The van der Waals surface area contributed by atoms with Gasteiger partial charge in [-0.1, -0.05) is 6.07 Å². The van der Waals surface area contributed by atoms with E-state index in [-0.39, 0.29) is 0 Å². The summed E-state index contributed by atoms with van der Waals surface area (Å²) < 4.78 is 5.12. The van der Waals surface area contributed by atoms with Gasteiger partial charge >= 0.3 is 0 Å². The van der Waals surface area contributed by atoms with Crippen molar-refractivity contribution in [1.29, 1.82) is 0 Å². The zero-order valence-electron chi connectivity index (χ0n) is 12.8. The van der Waals surface area contributed by atoms with Crippen LogP contribution >= 0.6 is 0 Å². The maximum absolute atomic E-state index is 5.12. The molecule has 0 aromatic carbocycles. The average molecular weight is 299 g/mol. The summed E-state index contributed by atoms with van der Waals surface area (Å²) in [6, 6.07) is 6.26. The Morgan fingerprint density at radius 1 is 1.36 bits per heavy atom. The van der Waals surface area contributed by atoms with Crippen LogP contribution in [0.3, 0.4) is 0 Å². The van der Waals surface area contributed by atoms with Gasteiger partial charge in [-0.05, 0) is 24.5 Å². The van der Waals surface area contributed by atoms with Gasteiger partial charge in [0, 0.05) is 50.3 Å². The molecule has 0 amide bonds. The first kappa shape index (κ1) is 14.7. The maximum atomic E-state index is 5.12. The third-order valence-electron chi connectivity index (χ3n) is 3.88. The first-order valence-corrected chi connectivity index (χ1v) is 7.58. The molecule has 1 saturated heterocycles. The Morgan fingerprint density at radius 2 is 2.32 bits per heavy atom. The van der Waals surface area contributed by atoms with Crippen LogP contribution in [0.5, 0.6) is 5.88 Å². The van der Waals surface area contributed by atoms with Crippen LogP contribution < -0.4 is 10.1 Å². The van der Waals surface area contributed by atoms with Crippen molar-refractivity contribution in [3.05, 3.63) is 42.4 Å². The second kappa shape index (κ2) is 7.17. The van der Waals surface area contributed by atoms with Gasteiger partial charge in [0.25, 0.3) is 0 Å². The van der Waals surface area contributed by atoms with Gasteiger partial charge in [-0.2, -0.15) is 4.98 Å². The number of nitrogens with zero attached hydrogens (tertiary/aromatic N) is 4. The highest BCUT2D eigenvalue weighted by molar-refractivity contribution is 5.29. The second-order valence-electron chi connectivity index (χ2n) is 5.46. The van der Waals surface area contributed by atoms with E-state index in [0.29, 0.717) is 17.9 Å². The van der Waals surface area contributed by atoms with E-state index in [4.69, 9.17) is 4.74 Å². The van der Waals surface area contributed by atoms with Crippen molar-refractivity contribution in [2.75, 3.05) is 32.1 Å². The molecule has 0 spiro atoms. The normalized spacial score (nSPS) is 18.3. The molecule has 1 N–H and O–H groups in total.